The first-order valence-electron chi connectivity index (χ1n) is 3.76. The Morgan fingerprint density at radius 1 is 0.938 bits per heavy atom. The standard InChI is InChI=1S/C7H3F5O4/c8-6(9,7(10,11)12)1-2(13)4(15)5(16)3(1)14/h1-2,13H. The van der Waals surface area contributed by atoms with Gasteiger partial charge in [0.15, 0.2) is 0 Å². The summed E-state index contributed by atoms with van der Waals surface area (Å²) in [7, 11) is 0. The van der Waals surface area contributed by atoms with Crippen LogP contribution in [0.3, 0.4) is 0 Å². The molecule has 2 unspecified atom stereocenters. The lowest BCUT2D eigenvalue weighted by Crippen LogP contribution is -2.49. The third kappa shape index (κ3) is 1.51. The molecule has 1 aliphatic rings. The highest BCUT2D eigenvalue weighted by atomic mass is 19.4. The number of carbonyl (C=O) groups is 3. The minimum Gasteiger partial charge on any atom is -0.384 e. The first-order chi connectivity index (χ1) is 7.01. The SMILES string of the molecule is O=C1C(=O)C(O)C(C(F)(F)C(F)(F)F)C1=O. The van der Waals surface area contributed by atoms with Gasteiger partial charge >= 0.3 is 12.1 Å². The molecular formula is C7H3F5O4. The van der Waals surface area contributed by atoms with Gasteiger partial charge in [-0.15, -0.1) is 0 Å². The zero-order chi connectivity index (χ0) is 12.9. The van der Waals surface area contributed by atoms with Gasteiger partial charge in [-0.05, 0) is 0 Å². The molecule has 0 aromatic rings. The van der Waals surface area contributed by atoms with Crippen molar-refractivity contribution in [3.63, 3.8) is 0 Å². The number of aliphatic hydroxyl groups excluding tert-OH is 1. The molecule has 16 heavy (non-hydrogen) atoms. The molecule has 0 radical (unpaired) electrons. The highest BCUT2D eigenvalue weighted by Crippen LogP contribution is 2.44. The minimum absolute atomic E-state index is 1.95. The molecule has 0 saturated heterocycles. The molecule has 0 aromatic carbocycles. The van der Waals surface area contributed by atoms with E-state index >= 15 is 0 Å². The third-order valence-electron chi connectivity index (χ3n) is 2.08. The highest BCUT2D eigenvalue weighted by molar-refractivity contribution is 6.68. The van der Waals surface area contributed by atoms with Crippen molar-refractivity contribution in [1.82, 2.24) is 0 Å². The molecule has 1 aliphatic carbocycles. The van der Waals surface area contributed by atoms with Crippen LogP contribution in [0.1, 0.15) is 0 Å². The summed E-state index contributed by atoms with van der Waals surface area (Å²) < 4.78 is 60.9. The van der Waals surface area contributed by atoms with Crippen molar-refractivity contribution in [2.75, 3.05) is 0 Å². The van der Waals surface area contributed by atoms with Gasteiger partial charge in [-0.3, -0.25) is 14.4 Å². The molecule has 2 atom stereocenters. The van der Waals surface area contributed by atoms with E-state index in [1.54, 1.807) is 0 Å². The summed E-state index contributed by atoms with van der Waals surface area (Å²) in [6.07, 6.45) is -9.07. The second-order valence-corrected chi connectivity index (χ2v) is 3.10. The van der Waals surface area contributed by atoms with Crippen LogP contribution >= 0.6 is 0 Å². The number of hydrogen-bond acceptors (Lipinski definition) is 4. The monoisotopic (exact) mass is 246 g/mol. The van der Waals surface area contributed by atoms with E-state index in [0.717, 1.165) is 0 Å². The van der Waals surface area contributed by atoms with Gasteiger partial charge in [-0.25, -0.2) is 0 Å². The Hall–Kier alpha value is -1.38. The lowest BCUT2D eigenvalue weighted by atomic mass is 9.96. The molecule has 9 heteroatoms. The first-order valence-corrected chi connectivity index (χ1v) is 3.76. The van der Waals surface area contributed by atoms with Crippen LogP contribution in [-0.4, -0.2) is 40.7 Å². The van der Waals surface area contributed by atoms with Crippen molar-refractivity contribution in [2.24, 2.45) is 5.92 Å². The van der Waals surface area contributed by atoms with E-state index in [1.807, 2.05) is 0 Å². The second kappa shape index (κ2) is 3.30. The van der Waals surface area contributed by atoms with Crippen LogP contribution in [0.4, 0.5) is 22.0 Å². The maximum Gasteiger partial charge on any atom is 0.454 e. The third-order valence-corrected chi connectivity index (χ3v) is 2.08. The van der Waals surface area contributed by atoms with Crippen LogP contribution in [-0.2, 0) is 14.4 Å². The molecule has 1 fully saturated rings. The van der Waals surface area contributed by atoms with E-state index in [1.165, 1.54) is 0 Å². The molecule has 1 N–H and O–H groups in total. The van der Waals surface area contributed by atoms with Gasteiger partial charge in [0.25, 0.3) is 5.78 Å². The van der Waals surface area contributed by atoms with E-state index in [4.69, 9.17) is 5.11 Å². The van der Waals surface area contributed by atoms with Crippen LogP contribution in [0.5, 0.6) is 0 Å². The molecule has 1 rings (SSSR count). The van der Waals surface area contributed by atoms with Crippen molar-refractivity contribution in [3.8, 4) is 0 Å². The van der Waals surface area contributed by atoms with Gasteiger partial charge in [0.1, 0.15) is 12.0 Å². The van der Waals surface area contributed by atoms with E-state index in [0.29, 0.717) is 0 Å². The van der Waals surface area contributed by atoms with Gasteiger partial charge in [0.2, 0.25) is 11.6 Å². The summed E-state index contributed by atoms with van der Waals surface area (Å²) in [6, 6.07) is 0. The van der Waals surface area contributed by atoms with Crippen molar-refractivity contribution in [3.05, 3.63) is 0 Å². The number of rotatable bonds is 1. The number of carbonyl (C=O) groups excluding carboxylic acids is 3. The number of hydrogen-bond donors (Lipinski definition) is 1. The summed E-state index contributed by atoms with van der Waals surface area (Å²) in [4.78, 5) is 31.8. The average Bonchev–Trinajstić information content (AvgIpc) is 2.29. The van der Waals surface area contributed by atoms with Crippen LogP contribution in [0.15, 0.2) is 0 Å². The lowest BCUT2D eigenvalue weighted by molar-refractivity contribution is -0.303. The molecule has 0 bridgehead atoms. The lowest BCUT2D eigenvalue weighted by Gasteiger charge is -2.25. The van der Waals surface area contributed by atoms with Gasteiger partial charge in [-0.2, -0.15) is 22.0 Å². The Balaban J connectivity index is 3.21. The number of halogens is 5. The highest BCUT2D eigenvalue weighted by Gasteiger charge is 2.71. The quantitative estimate of drug-likeness (QED) is 0.517. The molecule has 1 saturated carbocycles. The fourth-order valence-corrected chi connectivity index (χ4v) is 1.23. The molecule has 0 amide bonds. The number of alkyl halides is 5. The number of aliphatic hydroxyl groups is 1. The Labute approximate surface area is 84.0 Å². The smallest absolute Gasteiger partial charge is 0.384 e. The molecular weight excluding hydrogens is 243 g/mol. The maximum atomic E-state index is 12.7. The molecule has 0 aromatic heterocycles. The minimum atomic E-state index is -6.13. The van der Waals surface area contributed by atoms with Crippen LogP contribution < -0.4 is 0 Å². The molecule has 0 spiro atoms. The van der Waals surface area contributed by atoms with Crippen LogP contribution in [0.2, 0.25) is 0 Å². The van der Waals surface area contributed by atoms with E-state index in [-0.39, 0.29) is 0 Å². The average molecular weight is 246 g/mol. The summed E-state index contributed by atoms with van der Waals surface area (Å²) in [5.41, 5.74) is 0. The predicted molar refractivity (Wildman–Crippen MR) is 35.5 cm³/mol. The second-order valence-electron chi connectivity index (χ2n) is 3.10. The normalized spacial score (nSPS) is 27.8. The fraction of sp³-hybridized carbons (Fsp3) is 0.571. The summed E-state index contributed by atoms with van der Waals surface area (Å²) in [5.74, 6) is -15.2. The van der Waals surface area contributed by atoms with Crippen molar-refractivity contribution in [2.45, 2.75) is 18.2 Å². The predicted octanol–water partition coefficient (Wildman–Crippen LogP) is -0.118. The fourth-order valence-electron chi connectivity index (χ4n) is 1.23. The molecule has 90 valence electrons. The Morgan fingerprint density at radius 3 is 1.62 bits per heavy atom. The zero-order valence-corrected chi connectivity index (χ0v) is 7.22. The van der Waals surface area contributed by atoms with Crippen LogP contribution in [0.25, 0.3) is 0 Å². The largest absolute Gasteiger partial charge is 0.454 e. The molecule has 0 aliphatic heterocycles. The Bertz CT molecular complexity index is 371. The van der Waals surface area contributed by atoms with Gasteiger partial charge in [0, 0.05) is 0 Å². The molecule has 0 heterocycles. The van der Waals surface area contributed by atoms with Gasteiger partial charge < -0.3 is 5.11 Å². The Morgan fingerprint density at radius 2 is 1.38 bits per heavy atom. The number of ketones is 3. The Kier molecular flexibility index (Phi) is 2.62. The number of Topliss-reactive ketones (excluding diaryl/α,β-unsaturated/α-hetero) is 3. The van der Waals surface area contributed by atoms with Crippen LogP contribution in [0, 0.1) is 5.92 Å². The summed E-state index contributed by atoms with van der Waals surface area (Å²) in [5, 5.41) is 8.73. The van der Waals surface area contributed by atoms with Crippen molar-refractivity contribution >= 4 is 17.3 Å². The van der Waals surface area contributed by atoms with E-state index in [9.17, 15) is 36.3 Å². The summed E-state index contributed by atoms with van der Waals surface area (Å²) >= 11 is 0. The van der Waals surface area contributed by atoms with Gasteiger partial charge in [-0.1, -0.05) is 0 Å². The zero-order valence-electron chi connectivity index (χ0n) is 7.22. The van der Waals surface area contributed by atoms with E-state index in [2.05, 4.69) is 0 Å². The van der Waals surface area contributed by atoms with Crippen molar-refractivity contribution in [1.29, 1.82) is 0 Å². The maximum absolute atomic E-state index is 12.7. The van der Waals surface area contributed by atoms with Crippen molar-refractivity contribution < 1.29 is 41.4 Å². The first kappa shape index (κ1) is 12.7. The van der Waals surface area contributed by atoms with Gasteiger partial charge in [0.05, 0.1) is 0 Å². The van der Waals surface area contributed by atoms with E-state index < -0.39 is 41.5 Å². The topological polar surface area (TPSA) is 71.4 Å². The summed E-state index contributed by atoms with van der Waals surface area (Å²) in [6.45, 7) is 0. The molecule has 4 nitrogen and oxygen atoms in total.